The van der Waals surface area contributed by atoms with E-state index in [1.807, 2.05) is 6.07 Å². The number of halogens is 3. The summed E-state index contributed by atoms with van der Waals surface area (Å²) in [6, 6.07) is 8.06. The van der Waals surface area contributed by atoms with Crippen LogP contribution in [0, 0.1) is 6.92 Å². The van der Waals surface area contributed by atoms with Crippen molar-refractivity contribution in [2.75, 3.05) is 19.9 Å². The van der Waals surface area contributed by atoms with Crippen molar-refractivity contribution in [1.82, 2.24) is 19.5 Å². The third-order valence-electron chi connectivity index (χ3n) is 5.92. The molecule has 0 unspecified atom stereocenters. The minimum atomic E-state index is -4.53. The van der Waals surface area contributed by atoms with E-state index >= 15 is 0 Å². The molecule has 0 atom stereocenters. The highest BCUT2D eigenvalue weighted by molar-refractivity contribution is 5.79. The van der Waals surface area contributed by atoms with Gasteiger partial charge in [-0.25, -0.2) is 9.50 Å². The predicted molar refractivity (Wildman–Crippen MR) is 108 cm³/mol. The quantitative estimate of drug-likeness (QED) is 0.613. The molecule has 2 aliphatic heterocycles. The van der Waals surface area contributed by atoms with Gasteiger partial charge in [0.05, 0.1) is 12.1 Å². The normalized spacial score (nSPS) is 16.7. The summed E-state index contributed by atoms with van der Waals surface area (Å²) in [5, 5.41) is 3.93. The largest absolute Gasteiger partial charge is 0.454 e. The number of nitrogens with zero attached hydrogens (tertiary/aromatic N) is 4. The van der Waals surface area contributed by atoms with E-state index in [4.69, 9.17) is 9.47 Å². The SMILES string of the molecule is Cc1cc2nc(C3CCN(C(=O)Cc4ccc5c(c4)OCO5)CC3)cc(C(F)(F)F)n2n1. The molecule has 1 aromatic carbocycles. The number of alkyl halides is 3. The minimum absolute atomic E-state index is 0.0203. The molecular weight excluding hydrogens is 425 g/mol. The van der Waals surface area contributed by atoms with Gasteiger partial charge in [-0.15, -0.1) is 0 Å². The third-order valence-corrected chi connectivity index (χ3v) is 5.92. The van der Waals surface area contributed by atoms with Gasteiger partial charge in [0.25, 0.3) is 0 Å². The van der Waals surface area contributed by atoms with E-state index in [1.165, 1.54) is 0 Å². The number of likely N-dealkylation sites (tertiary alicyclic amines) is 1. The van der Waals surface area contributed by atoms with Gasteiger partial charge in [-0.1, -0.05) is 6.07 Å². The fraction of sp³-hybridized carbons (Fsp3) is 0.409. The van der Waals surface area contributed by atoms with Gasteiger partial charge in [-0.2, -0.15) is 18.3 Å². The van der Waals surface area contributed by atoms with Crippen LogP contribution < -0.4 is 9.47 Å². The number of carbonyl (C=O) groups excluding carboxylic acids is 1. The van der Waals surface area contributed by atoms with Gasteiger partial charge < -0.3 is 14.4 Å². The summed E-state index contributed by atoms with van der Waals surface area (Å²) in [6.45, 7) is 2.76. The maximum Gasteiger partial charge on any atom is 0.433 e. The lowest BCUT2D eigenvalue weighted by atomic mass is 9.92. The van der Waals surface area contributed by atoms with Crippen LogP contribution in [-0.2, 0) is 17.4 Å². The Labute approximate surface area is 181 Å². The smallest absolute Gasteiger partial charge is 0.433 e. The molecule has 0 aliphatic carbocycles. The first kappa shape index (κ1) is 20.6. The number of benzene rings is 1. The van der Waals surface area contributed by atoms with E-state index in [1.54, 1.807) is 30.0 Å². The van der Waals surface area contributed by atoms with Crippen molar-refractivity contribution < 1.29 is 27.4 Å². The van der Waals surface area contributed by atoms with Crippen LogP contribution in [0.4, 0.5) is 13.2 Å². The van der Waals surface area contributed by atoms with Crippen molar-refractivity contribution in [2.45, 2.75) is 38.3 Å². The van der Waals surface area contributed by atoms with E-state index < -0.39 is 11.9 Å². The Morgan fingerprint density at radius 3 is 2.62 bits per heavy atom. The van der Waals surface area contributed by atoms with Crippen LogP contribution in [0.1, 0.15) is 41.4 Å². The summed E-state index contributed by atoms with van der Waals surface area (Å²) >= 11 is 0. The van der Waals surface area contributed by atoms with Gasteiger partial charge in [-0.3, -0.25) is 4.79 Å². The molecule has 5 rings (SSSR count). The second-order valence-corrected chi connectivity index (χ2v) is 8.14. The van der Waals surface area contributed by atoms with Crippen LogP contribution in [0.5, 0.6) is 11.5 Å². The molecule has 2 aromatic heterocycles. The Morgan fingerprint density at radius 2 is 1.88 bits per heavy atom. The van der Waals surface area contributed by atoms with Crippen molar-refractivity contribution in [3.8, 4) is 11.5 Å². The monoisotopic (exact) mass is 446 g/mol. The molecule has 3 aromatic rings. The number of ether oxygens (including phenoxy) is 2. The number of fused-ring (bicyclic) bond motifs is 2. The number of aryl methyl sites for hydroxylation is 1. The van der Waals surface area contributed by atoms with E-state index in [9.17, 15) is 18.0 Å². The predicted octanol–water partition coefficient (Wildman–Crippen LogP) is 3.73. The van der Waals surface area contributed by atoms with Crippen LogP contribution in [0.25, 0.3) is 5.65 Å². The molecule has 1 saturated heterocycles. The summed E-state index contributed by atoms with van der Waals surface area (Å²) < 4.78 is 52.2. The fourth-order valence-electron chi connectivity index (χ4n) is 4.28. The lowest BCUT2D eigenvalue weighted by molar-refractivity contribution is -0.142. The molecule has 7 nitrogen and oxygen atoms in total. The standard InChI is InChI=1S/C22H21F3N4O3/c1-13-8-20-26-16(11-19(22(23,24)25)29(20)27-13)15-4-6-28(7-5-15)21(30)10-14-2-3-17-18(9-14)32-12-31-17/h2-3,8-9,11,15H,4-7,10,12H2,1H3. The molecule has 0 spiro atoms. The number of rotatable bonds is 3. The van der Waals surface area contributed by atoms with E-state index in [2.05, 4.69) is 10.1 Å². The maximum absolute atomic E-state index is 13.6. The Bertz CT molecular complexity index is 1180. The molecule has 0 radical (unpaired) electrons. The van der Waals surface area contributed by atoms with Gasteiger partial charge in [0, 0.05) is 30.8 Å². The summed E-state index contributed by atoms with van der Waals surface area (Å²) in [7, 11) is 0. The lowest BCUT2D eigenvalue weighted by Gasteiger charge is -2.32. The Morgan fingerprint density at radius 1 is 1.12 bits per heavy atom. The van der Waals surface area contributed by atoms with Crippen LogP contribution in [0.15, 0.2) is 30.3 Å². The average Bonchev–Trinajstić information content (AvgIpc) is 3.37. The summed E-state index contributed by atoms with van der Waals surface area (Å²) in [6.07, 6.45) is -3.19. The number of hydrogen-bond acceptors (Lipinski definition) is 5. The highest BCUT2D eigenvalue weighted by atomic mass is 19.4. The molecule has 2 aliphatic rings. The molecule has 1 fully saturated rings. The van der Waals surface area contributed by atoms with E-state index in [-0.39, 0.29) is 30.7 Å². The van der Waals surface area contributed by atoms with Crippen LogP contribution in [0.3, 0.4) is 0 Å². The van der Waals surface area contributed by atoms with Gasteiger partial charge in [0.1, 0.15) is 5.69 Å². The number of amides is 1. The first-order chi connectivity index (χ1) is 15.3. The molecule has 32 heavy (non-hydrogen) atoms. The first-order valence-electron chi connectivity index (χ1n) is 10.4. The van der Waals surface area contributed by atoms with E-state index in [0.717, 1.165) is 16.1 Å². The molecule has 4 heterocycles. The molecular formula is C22H21F3N4O3. The van der Waals surface area contributed by atoms with Crippen LogP contribution in [-0.4, -0.2) is 45.3 Å². The second kappa shape index (κ2) is 7.68. The second-order valence-electron chi connectivity index (χ2n) is 8.14. The lowest BCUT2D eigenvalue weighted by Crippen LogP contribution is -2.39. The highest BCUT2D eigenvalue weighted by Crippen LogP contribution is 2.35. The zero-order valence-electron chi connectivity index (χ0n) is 17.4. The van der Waals surface area contributed by atoms with Crippen molar-refractivity contribution in [1.29, 1.82) is 0 Å². The number of aromatic nitrogens is 3. The zero-order valence-corrected chi connectivity index (χ0v) is 17.4. The van der Waals surface area contributed by atoms with Gasteiger partial charge in [0.2, 0.25) is 12.7 Å². The molecule has 0 N–H and O–H groups in total. The molecule has 10 heteroatoms. The van der Waals surface area contributed by atoms with Gasteiger partial charge >= 0.3 is 6.18 Å². The van der Waals surface area contributed by atoms with Crippen molar-refractivity contribution in [3.63, 3.8) is 0 Å². The summed E-state index contributed by atoms with van der Waals surface area (Å²) in [5.74, 6) is 1.13. The molecule has 0 bridgehead atoms. The Hall–Kier alpha value is -3.30. The Balaban J connectivity index is 1.28. The summed E-state index contributed by atoms with van der Waals surface area (Å²) in [4.78, 5) is 18.9. The number of piperidine rings is 1. The first-order valence-corrected chi connectivity index (χ1v) is 10.4. The van der Waals surface area contributed by atoms with E-state index in [0.29, 0.717) is 48.8 Å². The van der Waals surface area contributed by atoms with Crippen molar-refractivity contribution in [2.24, 2.45) is 0 Å². The highest BCUT2D eigenvalue weighted by Gasteiger charge is 2.36. The molecule has 1 amide bonds. The fourth-order valence-corrected chi connectivity index (χ4v) is 4.28. The van der Waals surface area contributed by atoms with Crippen molar-refractivity contribution >= 4 is 11.6 Å². The average molecular weight is 446 g/mol. The number of carbonyl (C=O) groups is 1. The zero-order chi connectivity index (χ0) is 22.5. The topological polar surface area (TPSA) is 69.0 Å². The van der Waals surface area contributed by atoms with Crippen LogP contribution >= 0.6 is 0 Å². The number of hydrogen-bond donors (Lipinski definition) is 0. The third kappa shape index (κ3) is 3.85. The maximum atomic E-state index is 13.6. The van der Waals surface area contributed by atoms with Gasteiger partial charge in [-0.05, 0) is 43.5 Å². The van der Waals surface area contributed by atoms with Gasteiger partial charge in [0.15, 0.2) is 17.1 Å². The minimum Gasteiger partial charge on any atom is -0.454 e. The summed E-state index contributed by atoms with van der Waals surface area (Å²) in [5.41, 5.74) is 1.07. The Kier molecular flexibility index (Phi) is 4.94. The van der Waals surface area contributed by atoms with Crippen LogP contribution in [0.2, 0.25) is 0 Å². The molecule has 168 valence electrons. The molecule has 0 saturated carbocycles. The van der Waals surface area contributed by atoms with Crippen molar-refractivity contribution in [3.05, 3.63) is 53.0 Å².